The monoisotopic (exact) mass is 561 g/mol. The van der Waals surface area contributed by atoms with Crippen LogP contribution in [0, 0.1) is 6.92 Å². The van der Waals surface area contributed by atoms with Crippen molar-refractivity contribution in [1.82, 2.24) is 19.3 Å². The lowest BCUT2D eigenvalue weighted by molar-refractivity contribution is -0.192. The minimum absolute atomic E-state index is 0.0618. The Morgan fingerprint density at radius 2 is 1.95 bits per heavy atom. The lowest BCUT2D eigenvalue weighted by Crippen LogP contribution is -2.38. The van der Waals surface area contributed by atoms with Crippen LogP contribution in [0.1, 0.15) is 34.6 Å². The van der Waals surface area contributed by atoms with Crippen molar-refractivity contribution in [3.8, 4) is 11.3 Å². The summed E-state index contributed by atoms with van der Waals surface area (Å²) in [6.07, 6.45) is -1.49. The molecule has 0 aliphatic carbocycles. The second kappa shape index (κ2) is 11.6. The predicted molar refractivity (Wildman–Crippen MR) is 131 cm³/mol. The minimum Gasteiger partial charge on any atom is -0.475 e. The quantitative estimate of drug-likeness (QED) is 0.474. The van der Waals surface area contributed by atoms with Gasteiger partial charge in [-0.3, -0.25) is 9.20 Å². The lowest BCUT2D eigenvalue weighted by Gasteiger charge is -2.23. The second-order valence-corrected chi connectivity index (χ2v) is 9.05. The number of alkyl halides is 3. The highest BCUT2D eigenvalue weighted by Gasteiger charge is 2.38. The van der Waals surface area contributed by atoms with E-state index in [1.807, 2.05) is 17.9 Å². The molecule has 1 aliphatic heterocycles. The SMILES string of the molecule is COC[C@H]1CCCN1C(=O)c1cn2c(-c3ccc(Cl)cc3Cl)c(CN)c(C)nc2n1.O=C(O)C(F)(F)F. The molecule has 14 heteroatoms. The van der Waals surface area contributed by atoms with Crippen molar-refractivity contribution in [3.05, 3.63) is 51.4 Å². The summed E-state index contributed by atoms with van der Waals surface area (Å²) in [4.78, 5) is 33.0. The molecule has 1 atom stereocenters. The molecule has 37 heavy (non-hydrogen) atoms. The van der Waals surface area contributed by atoms with Gasteiger partial charge in [0.05, 0.1) is 23.4 Å². The molecule has 1 saturated heterocycles. The number of halogens is 5. The maximum Gasteiger partial charge on any atom is 0.490 e. The van der Waals surface area contributed by atoms with E-state index < -0.39 is 12.1 Å². The molecule has 0 radical (unpaired) electrons. The van der Waals surface area contributed by atoms with Gasteiger partial charge in [0.15, 0.2) is 0 Å². The number of nitrogens with two attached hydrogens (primary N) is 1. The molecule has 3 N–H and O–H groups in total. The van der Waals surface area contributed by atoms with Gasteiger partial charge in [-0.1, -0.05) is 23.2 Å². The summed E-state index contributed by atoms with van der Waals surface area (Å²) in [5, 5.41) is 8.16. The Morgan fingerprint density at radius 1 is 1.27 bits per heavy atom. The molecule has 0 spiro atoms. The van der Waals surface area contributed by atoms with Gasteiger partial charge in [0.25, 0.3) is 5.91 Å². The number of carboxylic acid groups (broad SMARTS) is 1. The zero-order chi connectivity index (χ0) is 27.5. The molecule has 0 saturated carbocycles. The minimum atomic E-state index is -5.08. The summed E-state index contributed by atoms with van der Waals surface area (Å²) >= 11 is 12.6. The van der Waals surface area contributed by atoms with E-state index in [0.717, 1.165) is 35.4 Å². The first-order valence-electron chi connectivity index (χ1n) is 11.0. The van der Waals surface area contributed by atoms with Crippen molar-refractivity contribution in [2.75, 3.05) is 20.3 Å². The summed E-state index contributed by atoms with van der Waals surface area (Å²) in [6.45, 7) is 3.35. The number of rotatable bonds is 5. The number of fused-ring (bicyclic) bond motifs is 1. The number of carbonyl (C=O) groups excluding carboxylic acids is 1. The molecule has 0 unspecified atom stereocenters. The number of benzene rings is 1. The number of hydrogen-bond donors (Lipinski definition) is 2. The van der Waals surface area contributed by atoms with Crippen LogP contribution in [0.4, 0.5) is 13.2 Å². The number of nitrogens with zero attached hydrogens (tertiary/aromatic N) is 4. The van der Waals surface area contributed by atoms with E-state index >= 15 is 0 Å². The van der Waals surface area contributed by atoms with Crippen LogP contribution < -0.4 is 5.73 Å². The van der Waals surface area contributed by atoms with E-state index in [1.54, 1.807) is 29.8 Å². The molecule has 0 bridgehead atoms. The number of aromatic nitrogens is 3. The van der Waals surface area contributed by atoms with Gasteiger partial charge in [0.2, 0.25) is 5.78 Å². The van der Waals surface area contributed by atoms with Crippen molar-refractivity contribution in [1.29, 1.82) is 0 Å². The van der Waals surface area contributed by atoms with E-state index in [2.05, 4.69) is 9.97 Å². The third kappa shape index (κ3) is 6.32. The maximum atomic E-state index is 13.2. The normalized spacial score (nSPS) is 15.6. The summed E-state index contributed by atoms with van der Waals surface area (Å²) in [6, 6.07) is 5.36. The third-order valence-electron chi connectivity index (χ3n) is 5.77. The maximum absolute atomic E-state index is 13.2. The Morgan fingerprint density at radius 3 is 2.51 bits per heavy atom. The fourth-order valence-corrected chi connectivity index (χ4v) is 4.58. The van der Waals surface area contributed by atoms with Gasteiger partial charge >= 0.3 is 12.1 Å². The number of aryl methyl sites for hydroxylation is 1. The first-order chi connectivity index (χ1) is 17.4. The molecular formula is C23H24Cl2F3N5O4. The number of hydrogen-bond acceptors (Lipinski definition) is 6. The van der Waals surface area contributed by atoms with Gasteiger partial charge in [-0.25, -0.2) is 14.8 Å². The van der Waals surface area contributed by atoms with Gasteiger partial charge in [-0.05, 0) is 38.0 Å². The van der Waals surface area contributed by atoms with Crippen LogP contribution in [0.2, 0.25) is 10.0 Å². The molecule has 3 heterocycles. The van der Waals surface area contributed by atoms with Crippen LogP contribution in [0.5, 0.6) is 0 Å². The van der Waals surface area contributed by atoms with Crippen LogP contribution in [-0.2, 0) is 16.1 Å². The summed E-state index contributed by atoms with van der Waals surface area (Å²) < 4.78 is 38.8. The zero-order valence-electron chi connectivity index (χ0n) is 19.9. The van der Waals surface area contributed by atoms with Gasteiger partial charge in [0.1, 0.15) is 5.69 Å². The Labute approximate surface area is 219 Å². The molecular weight excluding hydrogens is 538 g/mol. The number of imidazole rings is 1. The summed E-state index contributed by atoms with van der Waals surface area (Å²) in [5.74, 6) is -2.45. The number of aliphatic carboxylic acids is 1. The van der Waals surface area contributed by atoms with Crippen LogP contribution in [-0.4, -0.2) is 68.7 Å². The van der Waals surface area contributed by atoms with Crippen molar-refractivity contribution >= 4 is 40.9 Å². The molecule has 1 aliphatic rings. The van der Waals surface area contributed by atoms with E-state index in [9.17, 15) is 18.0 Å². The number of carboxylic acids is 1. The zero-order valence-corrected chi connectivity index (χ0v) is 21.4. The molecule has 1 aromatic carbocycles. The Balaban J connectivity index is 0.000000479. The Bertz CT molecular complexity index is 1320. The van der Waals surface area contributed by atoms with Crippen LogP contribution in [0.15, 0.2) is 24.4 Å². The van der Waals surface area contributed by atoms with Gasteiger partial charge < -0.3 is 20.5 Å². The van der Waals surface area contributed by atoms with Gasteiger partial charge in [-0.15, -0.1) is 0 Å². The van der Waals surface area contributed by atoms with Crippen molar-refractivity contribution in [2.45, 2.75) is 38.5 Å². The summed E-state index contributed by atoms with van der Waals surface area (Å²) in [7, 11) is 1.65. The highest BCUT2D eigenvalue weighted by Crippen LogP contribution is 2.34. The standard InChI is InChI=1S/C21H23Cl2N5O2.C2HF3O2/c1-12-16(9-24)19(15-6-5-13(22)8-17(15)23)28-10-18(26-21(28)25-12)20(29)27-7-3-4-14(27)11-30-2;3-2(4,5)1(6)7/h5-6,8,10,14H,3-4,7,9,11,24H2,1-2H3;(H,6,7)/t14-;/m1./s1. The van der Waals surface area contributed by atoms with E-state index in [1.165, 1.54) is 0 Å². The van der Waals surface area contributed by atoms with Crippen molar-refractivity contribution in [2.24, 2.45) is 5.73 Å². The molecule has 9 nitrogen and oxygen atoms in total. The largest absolute Gasteiger partial charge is 0.490 e. The number of methoxy groups -OCH3 is 1. The smallest absolute Gasteiger partial charge is 0.475 e. The fourth-order valence-electron chi connectivity index (χ4n) is 4.09. The molecule has 1 amide bonds. The molecule has 4 rings (SSSR count). The first-order valence-corrected chi connectivity index (χ1v) is 11.8. The third-order valence-corrected chi connectivity index (χ3v) is 6.32. The predicted octanol–water partition coefficient (Wildman–Crippen LogP) is 4.35. The first kappa shape index (κ1) is 28.6. The molecule has 200 valence electrons. The number of likely N-dealkylation sites (tertiary alicyclic amines) is 1. The average Bonchev–Trinajstić information content (AvgIpc) is 3.45. The fraction of sp³-hybridized carbons (Fsp3) is 0.391. The second-order valence-electron chi connectivity index (χ2n) is 8.20. The highest BCUT2D eigenvalue weighted by atomic mass is 35.5. The van der Waals surface area contributed by atoms with Crippen molar-refractivity contribution < 1.29 is 32.6 Å². The van der Waals surface area contributed by atoms with Gasteiger partial charge in [-0.2, -0.15) is 13.2 Å². The van der Waals surface area contributed by atoms with E-state index in [4.69, 9.17) is 43.6 Å². The molecule has 1 fully saturated rings. The lowest BCUT2D eigenvalue weighted by atomic mass is 10.0. The Hall–Kier alpha value is -2.93. The molecule has 2 aromatic heterocycles. The topological polar surface area (TPSA) is 123 Å². The summed E-state index contributed by atoms with van der Waals surface area (Å²) in [5.41, 5.74) is 9.49. The highest BCUT2D eigenvalue weighted by molar-refractivity contribution is 6.36. The van der Waals surface area contributed by atoms with Crippen molar-refractivity contribution in [3.63, 3.8) is 0 Å². The number of carbonyl (C=O) groups is 2. The number of ether oxygens (including phenoxy) is 1. The van der Waals surface area contributed by atoms with E-state index in [0.29, 0.717) is 34.7 Å². The molecule has 3 aromatic rings. The van der Waals surface area contributed by atoms with Crippen LogP contribution >= 0.6 is 23.2 Å². The van der Waals surface area contributed by atoms with Gasteiger partial charge in [0, 0.05) is 48.2 Å². The number of amides is 1. The van der Waals surface area contributed by atoms with E-state index in [-0.39, 0.29) is 18.5 Å². The Kier molecular flexibility index (Phi) is 9.00. The van der Waals surface area contributed by atoms with Crippen LogP contribution in [0.3, 0.4) is 0 Å². The van der Waals surface area contributed by atoms with Crippen LogP contribution in [0.25, 0.3) is 17.0 Å². The average molecular weight is 562 g/mol.